The Balaban J connectivity index is 0.00000288. The van der Waals surface area contributed by atoms with Gasteiger partial charge in [0.15, 0.2) is 5.96 Å². The third kappa shape index (κ3) is 6.32. The zero-order valence-electron chi connectivity index (χ0n) is 13.9. The van der Waals surface area contributed by atoms with Gasteiger partial charge in [0.2, 0.25) is 5.91 Å². The number of nitrogens with one attached hydrogen (secondary N) is 3. The highest BCUT2D eigenvalue weighted by atomic mass is 127. The maximum Gasteiger partial charge on any atom is 0.226 e. The summed E-state index contributed by atoms with van der Waals surface area (Å²) in [4.78, 5) is 16.2. The van der Waals surface area contributed by atoms with Crippen molar-refractivity contribution in [2.24, 2.45) is 4.99 Å². The fourth-order valence-electron chi connectivity index (χ4n) is 2.37. The Labute approximate surface area is 165 Å². The molecule has 0 spiro atoms. The lowest BCUT2D eigenvalue weighted by molar-refractivity contribution is -0.116. The number of carbonyl (C=O) groups excluding carboxylic acids is 1. The standard InChI is InChI=1S/C17H23ClN4O.HI/c1-12-14(18)8-5-9-15(12)22-16(23)10-11-20-17(19-2)21-13-6-3-4-7-13;/h3-5,8-9,13H,6-7,10-11H2,1-2H3,(H,22,23)(H2,19,20,21);1H. The lowest BCUT2D eigenvalue weighted by atomic mass is 10.2. The van der Waals surface area contributed by atoms with E-state index in [0.29, 0.717) is 24.0 Å². The molecule has 0 radical (unpaired) electrons. The Morgan fingerprint density at radius 3 is 2.71 bits per heavy atom. The molecule has 1 aromatic rings. The van der Waals surface area contributed by atoms with E-state index in [1.54, 1.807) is 7.05 Å². The van der Waals surface area contributed by atoms with E-state index in [2.05, 4.69) is 33.1 Å². The lowest BCUT2D eigenvalue weighted by Crippen LogP contribution is -2.43. The Morgan fingerprint density at radius 2 is 2.04 bits per heavy atom. The highest BCUT2D eigenvalue weighted by Gasteiger charge is 2.12. The summed E-state index contributed by atoms with van der Waals surface area (Å²) in [6.07, 6.45) is 6.69. The highest BCUT2D eigenvalue weighted by Crippen LogP contribution is 2.22. The van der Waals surface area contributed by atoms with Gasteiger partial charge in [0.1, 0.15) is 0 Å². The first-order chi connectivity index (χ1) is 11.1. The van der Waals surface area contributed by atoms with Crippen molar-refractivity contribution in [2.75, 3.05) is 18.9 Å². The molecule has 0 bridgehead atoms. The van der Waals surface area contributed by atoms with Crippen LogP contribution >= 0.6 is 35.6 Å². The number of amides is 1. The molecular formula is C17H24ClIN4O. The zero-order chi connectivity index (χ0) is 16.7. The van der Waals surface area contributed by atoms with Crippen LogP contribution in [0, 0.1) is 6.92 Å². The maximum atomic E-state index is 12.0. The molecule has 0 aliphatic heterocycles. The van der Waals surface area contributed by atoms with Crippen molar-refractivity contribution in [3.8, 4) is 0 Å². The Hall–Kier alpha value is -1.28. The number of aliphatic imine (C=N–C) groups is 1. The van der Waals surface area contributed by atoms with Crippen molar-refractivity contribution < 1.29 is 4.79 Å². The number of hydrogen-bond acceptors (Lipinski definition) is 2. The highest BCUT2D eigenvalue weighted by molar-refractivity contribution is 14.0. The number of nitrogens with zero attached hydrogens (tertiary/aromatic N) is 1. The fourth-order valence-corrected chi connectivity index (χ4v) is 2.55. The number of halogens is 2. The van der Waals surface area contributed by atoms with Crippen LogP contribution in [0.25, 0.3) is 0 Å². The first-order valence-electron chi connectivity index (χ1n) is 7.77. The van der Waals surface area contributed by atoms with E-state index in [0.717, 1.165) is 30.1 Å². The number of guanidine groups is 1. The second-order valence-electron chi connectivity index (χ2n) is 5.49. The van der Waals surface area contributed by atoms with Gasteiger partial charge in [-0.1, -0.05) is 29.8 Å². The molecule has 0 fully saturated rings. The first-order valence-corrected chi connectivity index (χ1v) is 8.15. The fraction of sp³-hybridized carbons (Fsp3) is 0.412. The van der Waals surface area contributed by atoms with Gasteiger partial charge in [0.05, 0.1) is 0 Å². The second-order valence-corrected chi connectivity index (χ2v) is 5.90. The van der Waals surface area contributed by atoms with E-state index in [-0.39, 0.29) is 29.9 Å². The topological polar surface area (TPSA) is 65.5 Å². The molecule has 1 aliphatic rings. The average molecular weight is 463 g/mol. The molecule has 2 rings (SSSR count). The van der Waals surface area contributed by atoms with E-state index >= 15 is 0 Å². The largest absolute Gasteiger partial charge is 0.356 e. The van der Waals surface area contributed by atoms with Crippen molar-refractivity contribution in [1.82, 2.24) is 10.6 Å². The molecule has 1 aromatic carbocycles. The maximum absolute atomic E-state index is 12.0. The van der Waals surface area contributed by atoms with Crippen LogP contribution in [0.5, 0.6) is 0 Å². The summed E-state index contributed by atoms with van der Waals surface area (Å²) in [5, 5.41) is 10.0. The summed E-state index contributed by atoms with van der Waals surface area (Å²) in [6.45, 7) is 2.41. The number of anilines is 1. The molecule has 3 N–H and O–H groups in total. The number of rotatable bonds is 5. The van der Waals surface area contributed by atoms with Gasteiger partial charge in [0, 0.05) is 36.8 Å². The van der Waals surface area contributed by atoms with Crippen molar-refractivity contribution >= 4 is 53.1 Å². The molecule has 0 saturated carbocycles. The smallest absolute Gasteiger partial charge is 0.226 e. The van der Waals surface area contributed by atoms with Gasteiger partial charge in [-0.2, -0.15) is 0 Å². The number of carbonyl (C=O) groups is 1. The van der Waals surface area contributed by atoms with E-state index in [9.17, 15) is 4.79 Å². The van der Waals surface area contributed by atoms with Crippen molar-refractivity contribution in [3.63, 3.8) is 0 Å². The summed E-state index contributed by atoms with van der Waals surface area (Å²) in [6, 6.07) is 5.87. The molecule has 0 unspecified atom stereocenters. The molecule has 0 heterocycles. The lowest BCUT2D eigenvalue weighted by Gasteiger charge is -2.17. The molecule has 132 valence electrons. The minimum absolute atomic E-state index is 0. The average Bonchev–Trinajstić information content (AvgIpc) is 3.04. The molecule has 7 heteroatoms. The number of benzene rings is 1. The van der Waals surface area contributed by atoms with Crippen molar-refractivity contribution in [3.05, 3.63) is 40.9 Å². The Kier molecular flexibility index (Phi) is 9.13. The van der Waals surface area contributed by atoms with Crippen LogP contribution in [0.1, 0.15) is 24.8 Å². The quantitative estimate of drug-likeness (QED) is 0.272. The van der Waals surface area contributed by atoms with Crippen LogP contribution in [0.2, 0.25) is 5.02 Å². The van der Waals surface area contributed by atoms with Gasteiger partial charge in [-0.15, -0.1) is 24.0 Å². The van der Waals surface area contributed by atoms with Crippen LogP contribution in [0.4, 0.5) is 5.69 Å². The minimum Gasteiger partial charge on any atom is -0.356 e. The van der Waals surface area contributed by atoms with Crippen LogP contribution in [0.3, 0.4) is 0 Å². The molecule has 0 saturated heterocycles. The second kappa shape index (κ2) is 10.6. The van der Waals surface area contributed by atoms with E-state index in [1.807, 2.05) is 25.1 Å². The Morgan fingerprint density at radius 1 is 1.33 bits per heavy atom. The van der Waals surface area contributed by atoms with Gasteiger partial charge in [-0.25, -0.2) is 0 Å². The van der Waals surface area contributed by atoms with E-state index in [4.69, 9.17) is 11.6 Å². The summed E-state index contributed by atoms with van der Waals surface area (Å²) < 4.78 is 0. The third-order valence-corrected chi connectivity index (χ3v) is 4.17. The minimum atomic E-state index is -0.0548. The molecular weight excluding hydrogens is 439 g/mol. The van der Waals surface area contributed by atoms with Gasteiger partial charge >= 0.3 is 0 Å². The normalized spacial score (nSPS) is 14.2. The molecule has 1 amide bonds. The number of hydrogen-bond donors (Lipinski definition) is 3. The van der Waals surface area contributed by atoms with Crippen molar-refractivity contribution in [1.29, 1.82) is 0 Å². The van der Waals surface area contributed by atoms with Gasteiger partial charge in [0.25, 0.3) is 0 Å². The summed E-state index contributed by atoms with van der Waals surface area (Å²) in [5.41, 5.74) is 1.63. The molecule has 24 heavy (non-hydrogen) atoms. The molecule has 5 nitrogen and oxygen atoms in total. The summed E-state index contributed by atoms with van der Waals surface area (Å²) in [5.74, 6) is 0.672. The summed E-state index contributed by atoms with van der Waals surface area (Å²) >= 11 is 6.05. The molecule has 0 aromatic heterocycles. The Bertz CT molecular complexity index is 611. The monoisotopic (exact) mass is 462 g/mol. The van der Waals surface area contributed by atoms with Crippen LogP contribution in [-0.4, -0.2) is 31.5 Å². The van der Waals surface area contributed by atoms with Crippen LogP contribution in [0.15, 0.2) is 35.3 Å². The van der Waals surface area contributed by atoms with Gasteiger partial charge < -0.3 is 16.0 Å². The van der Waals surface area contributed by atoms with Crippen LogP contribution in [-0.2, 0) is 4.79 Å². The molecule has 0 atom stereocenters. The predicted octanol–water partition coefficient (Wildman–Crippen LogP) is 3.48. The van der Waals surface area contributed by atoms with E-state index < -0.39 is 0 Å². The summed E-state index contributed by atoms with van der Waals surface area (Å²) in [7, 11) is 1.73. The molecule has 1 aliphatic carbocycles. The van der Waals surface area contributed by atoms with Crippen LogP contribution < -0.4 is 16.0 Å². The van der Waals surface area contributed by atoms with Gasteiger partial charge in [-0.3, -0.25) is 9.79 Å². The van der Waals surface area contributed by atoms with Gasteiger partial charge in [-0.05, 0) is 37.5 Å². The van der Waals surface area contributed by atoms with E-state index in [1.165, 1.54) is 0 Å². The SMILES string of the molecule is CN=C(NCCC(=O)Nc1cccc(Cl)c1C)NC1CC=CC1.I. The third-order valence-electron chi connectivity index (χ3n) is 3.76. The zero-order valence-corrected chi connectivity index (χ0v) is 17.0. The first kappa shape index (κ1) is 20.8. The predicted molar refractivity (Wildman–Crippen MR) is 112 cm³/mol. The van der Waals surface area contributed by atoms with Crippen molar-refractivity contribution in [2.45, 2.75) is 32.2 Å².